The van der Waals surface area contributed by atoms with Gasteiger partial charge in [-0.2, -0.15) is 0 Å². The summed E-state index contributed by atoms with van der Waals surface area (Å²) in [6.45, 7) is 8.83. The second-order valence-electron chi connectivity index (χ2n) is 7.48. The molecule has 2 heterocycles. The molecule has 1 aromatic carbocycles. The number of hydrogen-bond donors (Lipinski definition) is 1. The van der Waals surface area contributed by atoms with Crippen LogP contribution in [0.25, 0.3) is 16.6 Å². The maximum Gasteiger partial charge on any atom is 0.158 e. The van der Waals surface area contributed by atoms with Crippen molar-refractivity contribution in [2.45, 2.75) is 53.1 Å². The molecule has 0 radical (unpaired) electrons. The van der Waals surface area contributed by atoms with Crippen LogP contribution in [0.5, 0.6) is 0 Å². The topological polar surface area (TPSA) is 70.1 Å². The summed E-state index contributed by atoms with van der Waals surface area (Å²) < 4.78 is 7.84. The molecule has 28 heavy (non-hydrogen) atoms. The van der Waals surface area contributed by atoms with Gasteiger partial charge in [0.2, 0.25) is 0 Å². The first kappa shape index (κ1) is 20.5. The van der Waals surface area contributed by atoms with Crippen molar-refractivity contribution in [3.63, 3.8) is 0 Å². The molecule has 5 heteroatoms. The molecular formula is C23H31N3O2. The summed E-state index contributed by atoms with van der Waals surface area (Å²) in [4.78, 5) is 17.0. The zero-order valence-corrected chi connectivity index (χ0v) is 17.2. The fraction of sp³-hybridized carbons (Fsp3) is 0.478. The Bertz CT molecular complexity index is 902. The number of benzene rings is 1. The molecule has 5 nitrogen and oxygen atoms in total. The Morgan fingerprint density at radius 3 is 2.75 bits per heavy atom. The van der Waals surface area contributed by atoms with Crippen molar-refractivity contribution in [2.75, 3.05) is 13.2 Å². The number of carbonyl (C=O) groups excluding carboxylic acids is 1. The van der Waals surface area contributed by atoms with Gasteiger partial charge in [0.25, 0.3) is 0 Å². The number of Topliss-reactive ketones (excluding diaryl/α,β-unsaturated/α-hetero) is 1. The van der Waals surface area contributed by atoms with Crippen molar-refractivity contribution >= 4 is 22.4 Å². The van der Waals surface area contributed by atoms with Gasteiger partial charge < -0.3 is 15.0 Å². The third-order valence-electron chi connectivity index (χ3n) is 5.53. The molecule has 1 saturated heterocycles. The van der Waals surface area contributed by atoms with E-state index >= 15 is 0 Å². The maximum atomic E-state index is 12.1. The van der Waals surface area contributed by atoms with Crippen LogP contribution in [-0.4, -0.2) is 28.5 Å². The van der Waals surface area contributed by atoms with Crippen LogP contribution in [0.3, 0.4) is 0 Å². The lowest BCUT2D eigenvalue weighted by molar-refractivity contribution is -0.115. The first-order valence-corrected chi connectivity index (χ1v) is 10.2. The number of ether oxygens (including phenoxy) is 1. The quantitative estimate of drug-likeness (QED) is 0.575. The highest BCUT2D eigenvalue weighted by molar-refractivity contribution is 5.97. The minimum Gasteiger partial charge on any atom is -0.381 e. The van der Waals surface area contributed by atoms with Gasteiger partial charge in [-0.15, -0.1) is 0 Å². The average Bonchev–Trinajstić information content (AvgIpc) is 3.09. The van der Waals surface area contributed by atoms with Crippen molar-refractivity contribution in [1.82, 2.24) is 9.55 Å². The average molecular weight is 382 g/mol. The zero-order chi connectivity index (χ0) is 20.1. The molecule has 0 unspecified atom stereocenters. The minimum atomic E-state index is 0.164. The fourth-order valence-corrected chi connectivity index (χ4v) is 3.76. The van der Waals surface area contributed by atoms with Crippen molar-refractivity contribution < 1.29 is 9.53 Å². The number of aromatic nitrogens is 2. The zero-order valence-electron chi connectivity index (χ0n) is 17.2. The van der Waals surface area contributed by atoms with Gasteiger partial charge in [0, 0.05) is 38.3 Å². The van der Waals surface area contributed by atoms with E-state index in [-0.39, 0.29) is 5.78 Å². The molecule has 1 aliphatic rings. The van der Waals surface area contributed by atoms with Crippen molar-refractivity contribution in [3.05, 3.63) is 47.3 Å². The lowest BCUT2D eigenvalue weighted by atomic mass is 10.00. The predicted molar refractivity (Wildman–Crippen MR) is 114 cm³/mol. The van der Waals surface area contributed by atoms with Gasteiger partial charge >= 0.3 is 0 Å². The Kier molecular flexibility index (Phi) is 6.81. The van der Waals surface area contributed by atoms with Gasteiger partial charge in [-0.25, -0.2) is 4.98 Å². The molecule has 0 spiro atoms. The molecule has 2 N–H and O–H groups in total. The molecule has 0 bridgehead atoms. The van der Waals surface area contributed by atoms with E-state index in [0.29, 0.717) is 18.9 Å². The van der Waals surface area contributed by atoms with Gasteiger partial charge in [0.05, 0.1) is 11.0 Å². The van der Waals surface area contributed by atoms with Crippen LogP contribution in [-0.2, 0) is 22.6 Å². The third-order valence-corrected chi connectivity index (χ3v) is 5.53. The SMILES string of the molecule is C/C=C(\C=C(\C)C(=O)CC)c1nc2cc(CN)ccc2n1CC1CCOCC1. The lowest BCUT2D eigenvalue weighted by Crippen LogP contribution is -2.21. The largest absolute Gasteiger partial charge is 0.381 e. The summed E-state index contributed by atoms with van der Waals surface area (Å²) >= 11 is 0. The Morgan fingerprint density at radius 2 is 2.11 bits per heavy atom. The Labute approximate surface area is 167 Å². The molecule has 150 valence electrons. The summed E-state index contributed by atoms with van der Waals surface area (Å²) in [5, 5.41) is 0. The highest BCUT2D eigenvalue weighted by Crippen LogP contribution is 2.28. The summed E-state index contributed by atoms with van der Waals surface area (Å²) in [7, 11) is 0. The molecule has 0 saturated carbocycles. The number of hydrogen-bond acceptors (Lipinski definition) is 4. The number of nitrogens with zero attached hydrogens (tertiary/aromatic N) is 2. The first-order valence-electron chi connectivity index (χ1n) is 10.2. The van der Waals surface area contributed by atoms with Gasteiger partial charge in [0.15, 0.2) is 5.78 Å². The van der Waals surface area contributed by atoms with Crippen molar-refractivity contribution in [1.29, 1.82) is 0 Å². The third kappa shape index (κ3) is 4.42. The number of ketones is 1. The van der Waals surface area contributed by atoms with Crippen LogP contribution in [0.15, 0.2) is 35.9 Å². The lowest BCUT2D eigenvalue weighted by Gasteiger charge is -2.23. The Balaban J connectivity index is 2.07. The Morgan fingerprint density at radius 1 is 1.36 bits per heavy atom. The maximum absolute atomic E-state index is 12.1. The van der Waals surface area contributed by atoms with Gasteiger partial charge in [-0.3, -0.25) is 4.79 Å². The molecule has 2 aromatic rings. The molecule has 1 fully saturated rings. The minimum absolute atomic E-state index is 0.164. The summed E-state index contributed by atoms with van der Waals surface area (Å²) in [6.07, 6.45) is 6.65. The van der Waals surface area contributed by atoms with Crippen LogP contribution in [0.2, 0.25) is 0 Å². The first-order chi connectivity index (χ1) is 13.6. The predicted octanol–water partition coefficient (Wildman–Crippen LogP) is 4.25. The highest BCUT2D eigenvalue weighted by atomic mass is 16.5. The van der Waals surface area contributed by atoms with Crippen molar-refractivity contribution in [2.24, 2.45) is 11.7 Å². The second-order valence-corrected chi connectivity index (χ2v) is 7.48. The van der Waals surface area contributed by atoms with E-state index in [4.69, 9.17) is 15.5 Å². The van der Waals surface area contributed by atoms with E-state index in [1.54, 1.807) is 0 Å². The van der Waals surface area contributed by atoms with Crippen molar-refractivity contribution in [3.8, 4) is 0 Å². The number of rotatable bonds is 7. The molecule has 3 rings (SSSR count). The van der Waals surface area contributed by atoms with Gasteiger partial charge in [-0.1, -0.05) is 19.1 Å². The van der Waals surface area contributed by atoms with Crippen LogP contribution < -0.4 is 5.73 Å². The monoisotopic (exact) mass is 381 g/mol. The van der Waals surface area contributed by atoms with E-state index in [0.717, 1.165) is 66.2 Å². The van der Waals surface area contributed by atoms with E-state index in [2.05, 4.69) is 22.8 Å². The number of nitrogens with two attached hydrogens (primary N) is 1. The molecule has 1 aromatic heterocycles. The summed E-state index contributed by atoms with van der Waals surface area (Å²) in [6, 6.07) is 6.26. The summed E-state index contributed by atoms with van der Waals surface area (Å²) in [5.41, 5.74) is 10.7. The molecule has 0 amide bonds. The van der Waals surface area contributed by atoms with E-state index < -0.39 is 0 Å². The number of carbonyl (C=O) groups is 1. The molecule has 1 aliphatic heterocycles. The fourth-order valence-electron chi connectivity index (χ4n) is 3.76. The standard InChI is InChI=1S/C23H31N3O2/c1-4-19(12-16(3)22(27)5-2)23-25-20-13-18(14-24)6-7-21(20)26(23)15-17-8-10-28-11-9-17/h4,6-7,12-13,17H,5,8-11,14-15,24H2,1-3H3/b16-12-,19-4+. The van der Waals surface area contributed by atoms with Crippen LogP contribution in [0.1, 0.15) is 51.4 Å². The smallest absolute Gasteiger partial charge is 0.158 e. The number of allylic oxidation sites excluding steroid dienone is 4. The Hall–Kier alpha value is -2.24. The molecular weight excluding hydrogens is 350 g/mol. The molecule has 0 atom stereocenters. The highest BCUT2D eigenvalue weighted by Gasteiger charge is 2.20. The van der Waals surface area contributed by atoms with Crippen LogP contribution >= 0.6 is 0 Å². The van der Waals surface area contributed by atoms with Gasteiger partial charge in [0.1, 0.15) is 5.82 Å². The van der Waals surface area contributed by atoms with Gasteiger partial charge in [-0.05, 0) is 62.0 Å². The summed E-state index contributed by atoms with van der Waals surface area (Å²) in [5.74, 6) is 1.65. The number of imidazole rings is 1. The van der Waals surface area contributed by atoms with E-state index in [9.17, 15) is 4.79 Å². The van der Waals surface area contributed by atoms with E-state index in [1.165, 1.54) is 0 Å². The van der Waals surface area contributed by atoms with Crippen LogP contribution in [0.4, 0.5) is 0 Å². The second kappa shape index (κ2) is 9.30. The van der Waals surface area contributed by atoms with E-state index in [1.807, 2.05) is 32.9 Å². The number of fused-ring (bicyclic) bond motifs is 1. The van der Waals surface area contributed by atoms with Crippen LogP contribution in [0, 0.1) is 5.92 Å². The molecule has 0 aliphatic carbocycles. The normalized spacial score (nSPS) is 16.7.